The van der Waals surface area contributed by atoms with Crippen LogP contribution in [0.15, 0.2) is 54.2 Å². The first kappa shape index (κ1) is 20.6. The molecule has 1 fully saturated rings. The Morgan fingerprint density at radius 3 is 2.62 bits per heavy atom. The molecule has 1 saturated heterocycles. The SMILES string of the molecule is CCCCN1CC(Nc2ccc(N3CCOCC3)c(Cl)c2)=C(c2ccccc2)S1. The molecule has 2 aliphatic rings. The van der Waals surface area contributed by atoms with E-state index in [1.165, 1.54) is 29.0 Å². The normalized spacial score (nSPS) is 17.8. The number of rotatable bonds is 7. The summed E-state index contributed by atoms with van der Waals surface area (Å²) in [6, 6.07) is 16.9. The highest BCUT2D eigenvalue weighted by molar-refractivity contribution is 8.06. The molecule has 0 bridgehead atoms. The van der Waals surface area contributed by atoms with Gasteiger partial charge in [-0.2, -0.15) is 0 Å². The molecule has 0 radical (unpaired) electrons. The van der Waals surface area contributed by atoms with Crippen LogP contribution in [0.5, 0.6) is 0 Å². The van der Waals surface area contributed by atoms with Crippen molar-refractivity contribution in [3.63, 3.8) is 0 Å². The van der Waals surface area contributed by atoms with E-state index in [4.69, 9.17) is 16.3 Å². The highest BCUT2D eigenvalue weighted by atomic mass is 35.5. The van der Waals surface area contributed by atoms with Crippen molar-refractivity contribution in [2.24, 2.45) is 0 Å². The van der Waals surface area contributed by atoms with E-state index in [1.54, 1.807) is 0 Å². The van der Waals surface area contributed by atoms with Gasteiger partial charge >= 0.3 is 0 Å². The van der Waals surface area contributed by atoms with Crippen molar-refractivity contribution in [3.05, 3.63) is 64.8 Å². The lowest BCUT2D eigenvalue weighted by atomic mass is 10.1. The number of ether oxygens (including phenoxy) is 1. The molecule has 154 valence electrons. The van der Waals surface area contributed by atoms with Crippen LogP contribution in [0, 0.1) is 0 Å². The summed E-state index contributed by atoms with van der Waals surface area (Å²) in [4.78, 5) is 3.59. The van der Waals surface area contributed by atoms with Crippen molar-refractivity contribution in [1.29, 1.82) is 0 Å². The second-order valence-corrected chi connectivity index (χ2v) is 8.89. The summed E-state index contributed by atoms with van der Waals surface area (Å²) in [5, 5.41) is 4.44. The number of unbranched alkanes of at least 4 members (excludes halogenated alkanes) is 1. The lowest BCUT2D eigenvalue weighted by Gasteiger charge is -2.29. The minimum Gasteiger partial charge on any atom is -0.378 e. The van der Waals surface area contributed by atoms with Gasteiger partial charge in [0.2, 0.25) is 0 Å². The highest BCUT2D eigenvalue weighted by Gasteiger charge is 2.24. The third kappa shape index (κ3) is 5.10. The maximum atomic E-state index is 6.64. The zero-order chi connectivity index (χ0) is 20.1. The van der Waals surface area contributed by atoms with Crippen LogP contribution in [0.25, 0.3) is 4.91 Å². The molecule has 0 saturated carbocycles. The van der Waals surface area contributed by atoms with Crippen molar-refractivity contribution in [1.82, 2.24) is 4.31 Å². The molecule has 2 aromatic carbocycles. The van der Waals surface area contributed by atoms with Gasteiger partial charge in [0.1, 0.15) is 0 Å². The van der Waals surface area contributed by atoms with E-state index in [0.29, 0.717) is 0 Å². The van der Waals surface area contributed by atoms with Gasteiger partial charge in [-0.15, -0.1) is 0 Å². The van der Waals surface area contributed by atoms with Crippen LogP contribution in [0.3, 0.4) is 0 Å². The van der Waals surface area contributed by atoms with Crippen LogP contribution in [-0.2, 0) is 4.74 Å². The predicted octanol–water partition coefficient (Wildman–Crippen LogP) is 5.72. The van der Waals surface area contributed by atoms with Gasteiger partial charge in [0, 0.05) is 31.0 Å². The van der Waals surface area contributed by atoms with Gasteiger partial charge in [0.25, 0.3) is 0 Å². The minimum absolute atomic E-state index is 0.758. The Labute approximate surface area is 183 Å². The Balaban J connectivity index is 1.54. The zero-order valence-electron chi connectivity index (χ0n) is 16.9. The molecule has 4 nitrogen and oxygen atoms in total. The zero-order valence-corrected chi connectivity index (χ0v) is 18.4. The maximum Gasteiger partial charge on any atom is 0.0660 e. The molecule has 1 N–H and O–H groups in total. The molecule has 4 rings (SSSR count). The second kappa shape index (κ2) is 9.90. The number of halogens is 1. The number of hydrogen-bond acceptors (Lipinski definition) is 5. The number of hydrogen-bond donors (Lipinski definition) is 1. The first-order chi connectivity index (χ1) is 14.2. The molecule has 6 heteroatoms. The molecule has 0 aliphatic carbocycles. The summed E-state index contributed by atoms with van der Waals surface area (Å²) in [6.45, 7) is 7.54. The Morgan fingerprint density at radius 2 is 1.90 bits per heavy atom. The standard InChI is InChI=1S/C23H28ClN3OS/c1-2-3-11-27-17-21(23(29-27)18-7-5-4-6-8-18)25-19-9-10-22(20(24)16-19)26-12-14-28-15-13-26/h4-10,16,25H,2-3,11-15,17H2,1H3. The van der Waals surface area contributed by atoms with Gasteiger partial charge < -0.3 is 15.0 Å². The number of benzene rings is 2. The summed E-state index contributed by atoms with van der Waals surface area (Å²) in [5.74, 6) is 0. The number of anilines is 2. The van der Waals surface area contributed by atoms with Crippen LogP contribution >= 0.6 is 23.5 Å². The first-order valence-electron chi connectivity index (χ1n) is 10.4. The maximum absolute atomic E-state index is 6.64. The van der Waals surface area contributed by atoms with Crippen LogP contribution in [0.1, 0.15) is 25.3 Å². The number of nitrogens with zero attached hydrogens (tertiary/aromatic N) is 2. The molecule has 0 amide bonds. The molecule has 0 aromatic heterocycles. The molecule has 2 heterocycles. The Bertz CT molecular complexity index is 852. The van der Waals surface area contributed by atoms with Gasteiger partial charge in [-0.3, -0.25) is 0 Å². The van der Waals surface area contributed by atoms with Crippen LogP contribution in [0.2, 0.25) is 5.02 Å². The van der Waals surface area contributed by atoms with Crippen molar-refractivity contribution >= 4 is 39.8 Å². The van der Waals surface area contributed by atoms with Gasteiger partial charge in [0.15, 0.2) is 0 Å². The van der Waals surface area contributed by atoms with Gasteiger partial charge in [-0.1, -0.05) is 55.3 Å². The number of morpholine rings is 1. The molecular formula is C23H28ClN3OS. The van der Waals surface area contributed by atoms with Gasteiger partial charge in [-0.05, 0) is 42.1 Å². The summed E-state index contributed by atoms with van der Waals surface area (Å²) >= 11 is 8.50. The first-order valence-corrected chi connectivity index (χ1v) is 11.5. The molecule has 0 atom stereocenters. The third-order valence-corrected chi connectivity index (χ3v) is 6.76. The van der Waals surface area contributed by atoms with E-state index in [0.717, 1.165) is 55.8 Å². The highest BCUT2D eigenvalue weighted by Crippen LogP contribution is 2.41. The van der Waals surface area contributed by atoms with E-state index in [2.05, 4.69) is 63.9 Å². The fourth-order valence-electron chi connectivity index (χ4n) is 3.66. The van der Waals surface area contributed by atoms with E-state index >= 15 is 0 Å². The smallest absolute Gasteiger partial charge is 0.0660 e. The summed E-state index contributed by atoms with van der Waals surface area (Å²) in [6.07, 6.45) is 2.42. The molecular weight excluding hydrogens is 402 g/mol. The fraction of sp³-hybridized carbons (Fsp3) is 0.391. The van der Waals surface area contributed by atoms with Gasteiger partial charge in [0.05, 0.1) is 35.4 Å². The molecule has 29 heavy (non-hydrogen) atoms. The predicted molar refractivity (Wildman–Crippen MR) is 126 cm³/mol. The Morgan fingerprint density at radius 1 is 1.10 bits per heavy atom. The van der Waals surface area contributed by atoms with E-state index in [1.807, 2.05) is 18.0 Å². The monoisotopic (exact) mass is 429 g/mol. The molecule has 0 unspecified atom stereocenters. The molecule has 2 aromatic rings. The summed E-state index contributed by atoms with van der Waals surface area (Å²) < 4.78 is 7.90. The lowest BCUT2D eigenvalue weighted by molar-refractivity contribution is 0.122. The van der Waals surface area contributed by atoms with Crippen LogP contribution < -0.4 is 10.2 Å². The van der Waals surface area contributed by atoms with Crippen molar-refractivity contribution < 1.29 is 4.74 Å². The van der Waals surface area contributed by atoms with Gasteiger partial charge in [-0.25, -0.2) is 4.31 Å². The van der Waals surface area contributed by atoms with Crippen molar-refractivity contribution in [2.45, 2.75) is 19.8 Å². The van der Waals surface area contributed by atoms with E-state index in [-0.39, 0.29) is 0 Å². The summed E-state index contributed by atoms with van der Waals surface area (Å²) in [7, 11) is 0. The van der Waals surface area contributed by atoms with Crippen LogP contribution in [0.4, 0.5) is 11.4 Å². The third-order valence-electron chi connectivity index (χ3n) is 5.22. The van der Waals surface area contributed by atoms with E-state index in [9.17, 15) is 0 Å². The summed E-state index contributed by atoms with van der Waals surface area (Å²) in [5.41, 5.74) is 4.62. The number of nitrogens with one attached hydrogen (secondary N) is 1. The largest absolute Gasteiger partial charge is 0.378 e. The topological polar surface area (TPSA) is 27.7 Å². The Kier molecular flexibility index (Phi) is 7.03. The van der Waals surface area contributed by atoms with Crippen LogP contribution in [-0.4, -0.2) is 43.7 Å². The van der Waals surface area contributed by atoms with Crippen molar-refractivity contribution in [2.75, 3.05) is 49.6 Å². The molecule has 0 spiro atoms. The lowest BCUT2D eigenvalue weighted by Crippen LogP contribution is -2.36. The average molecular weight is 430 g/mol. The van der Waals surface area contributed by atoms with Crippen molar-refractivity contribution in [3.8, 4) is 0 Å². The minimum atomic E-state index is 0.758. The Hall–Kier alpha value is -1.66. The second-order valence-electron chi connectivity index (χ2n) is 7.37. The fourth-order valence-corrected chi connectivity index (χ4v) is 5.10. The van der Waals surface area contributed by atoms with E-state index < -0.39 is 0 Å². The quantitative estimate of drug-likeness (QED) is 0.568. The molecule has 2 aliphatic heterocycles. The average Bonchev–Trinajstić information content (AvgIpc) is 3.16.